The molecule has 0 bridgehead atoms. The Hall–Kier alpha value is -3.20. The molecule has 2 aromatic rings. The van der Waals surface area contributed by atoms with Gasteiger partial charge >= 0.3 is 12.0 Å². The van der Waals surface area contributed by atoms with Crippen LogP contribution >= 0.6 is 0 Å². The fourth-order valence-corrected chi connectivity index (χ4v) is 3.58. The third-order valence-electron chi connectivity index (χ3n) is 5.56. The molecule has 9 heteroatoms. The number of carbonyl (C=O) groups is 2. The zero-order valence-electron chi connectivity index (χ0n) is 21.1. The van der Waals surface area contributed by atoms with Gasteiger partial charge in [-0.15, -0.1) is 0 Å². The van der Waals surface area contributed by atoms with Crippen LogP contribution in [0, 0.1) is 17.6 Å². The van der Waals surface area contributed by atoms with Gasteiger partial charge in [0.2, 0.25) is 0 Å². The van der Waals surface area contributed by atoms with Crippen molar-refractivity contribution in [3.05, 3.63) is 65.2 Å². The Kier molecular flexibility index (Phi) is 12.1. The summed E-state index contributed by atoms with van der Waals surface area (Å²) in [6.45, 7) is 7.33. The number of carbonyl (C=O) groups excluding carboxylic acids is 1. The van der Waals surface area contributed by atoms with Crippen LogP contribution in [0.2, 0.25) is 0 Å². The molecule has 1 unspecified atom stereocenters. The minimum absolute atomic E-state index is 0.0486. The monoisotopic (exact) mass is 506 g/mol. The Morgan fingerprint density at radius 2 is 1.81 bits per heavy atom. The maximum atomic E-state index is 13.9. The summed E-state index contributed by atoms with van der Waals surface area (Å²) in [4.78, 5) is 25.7. The molecule has 2 aromatic carbocycles. The maximum absolute atomic E-state index is 13.9. The van der Waals surface area contributed by atoms with Crippen molar-refractivity contribution in [3.8, 4) is 5.75 Å². The normalized spacial score (nSPS) is 11.8. The zero-order chi connectivity index (χ0) is 26.5. The number of rotatable bonds is 15. The first-order valence-corrected chi connectivity index (χ1v) is 12.2. The van der Waals surface area contributed by atoms with Crippen LogP contribution in [0.1, 0.15) is 44.7 Å². The number of hydrogen-bond donors (Lipinski definition) is 2. The van der Waals surface area contributed by atoms with Gasteiger partial charge < -0.3 is 24.8 Å². The molecule has 0 saturated heterocycles. The second-order valence-corrected chi connectivity index (χ2v) is 8.90. The molecule has 0 aliphatic heterocycles. The molecule has 36 heavy (non-hydrogen) atoms. The number of carboxylic acids is 1. The van der Waals surface area contributed by atoms with Gasteiger partial charge in [-0.25, -0.2) is 18.4 Å². The molecular weight excluding hydrogens is 470 g/mol. The lowest BCUT2D eigenvalue weighted by Crippen LogP contribution is -2.42. The van der Waals surface area contributed by atoms with E-state index in [1.807, 2.05) is 0 Å². The van der Waals surface area contributed by atoms with E-state index < -0.39 is 23.7 Å². The highest BCUT2D eigenvalue weighted by Crippen LogP contribution is 2.15. The number of benzene rings is 2. The van der Waals surface area contributed by atoms with E-state index in [2.05, 4.69) is 19.2 Å². The number of halogens is 2. The number of amides is 2. The molecule has 2 rings (SSSR count). The molecule has 0 aliphatic carbocycles. The lowest BCUT2D eigenvalue weighted by molar-refractivity contribution is -0.149. The Morgan fingerprint density at radius 3 is 2.42 bits per heavy atom. The van der Waals surface area contributed by atoms with Gasteiger partial charge in [0, 0.05) is 37.7 Å². The lowest BCUT2D eigenvalue weighted by atomic mass is 10.1. The molecule has 0 heterocycles. The van der Waals surface area contributed by atoms with E-state index in [1.54, 1.807) is 36.1 Å². The number of ether oxygens (including phenoxy) is 2. The first kappa shape index (κ1) is 29.0. The minimum atomic E-state index is -1.00. The average Bonchev–Trinajstić information content (AvgIpc) is 2.82. The topological polar surface area (TPSA) is 88.1 Å². The molecule has 0 saturated carbocycles. The first-order valence-electron chi connectivity index (χ1n) is 12.2. The van der Waals surface area contributed by atoms with E-state index in [0.717, 1.165) is 30.5 Å². The molecular formula is C27H36F2N2O5. The molecule has 7 nitrogen and oxygen atoms in total. The zero-order valence-corrected chi connectivity index (χ0v) is 21.1. The van der Waals surface area contributed by atoms with Gasteiger partial charge in [0.25, 0.3) is 0 Å². The van der Waals surface area contributed by atoms with E-state index in [-0.39, 0.29) is 31.2 Å². The number of urea groups is 1. The fraction of sp³-hybridized carbons (Fsp3) is 0.481. The van der Waals surface area contributed by atoms with Crippen LogP contribution in [0.25, 0.3) is 0 Å². The predicted molar refractivity (Wildman–Crippen MR) is 133 cm³/mol. The van der Waals surface area contributed by atoms with Crippen LogP contribution in [-0.4, -0.2) is 54.4 Å². The third kappa shape index (κ3) is 10.2. The summed E-state index contributed by atoms with van der Waals surface area (Å²) < 4.78 is 38.1. The highest BCUT2D eigenvalue weighted by atomic mass is 19.1. The summed E-state index contributed by atoms with van der Waals surface area (Å²) in [7, 11) is 0. The van der Waals surface area contributed by atoms with Crippen molar-refractivity contribution < 1.29 is 33.0 Å². The minimum Gasteiger partial charge on any atom is -0.492 e. The number of nitrogens with zero attached hydrogens (tertiary/aromatic N) is 1. The van der Waals surface area contributed by atoms with Crippen molar-refractivity contribution in [2.75, 3.05) is 26.3 Å². The van der Waals surface area contributed by atoms with Crippen LogP contribution < -0.4 is 10.1 Å². The van der Waals surface area contributed by atoms with Crippen molar-refractivity contribution >= 4 is 12.0 Å². The summed E-state index contributed by atoms with van der Waals surface area (Å²) in [5.41, 5.74) is 1.02. The van der Waals surface area contributed by atoms with E-state index in [4.69, 9.17) is 9.47 Å². The summed E-state index contributed by atoms with van der Waals surface area (Å²) in [6, 6.07) is 9.98. The van der Waals surface area contributed by atoms with E-state index >= 15 is 0 Å². The summed E-state index contributed by atoms with van der Waals surface area (Å²) >= 11 is 0. The maximum Gasteiger partial charge on any atom is 0.333 e. The average molecular weight is 507 g/mol. The molecule has 0 aliphatic rings. The van der Waals surface area contributed by atoms with Crippen molar-refractivity contribution in [1.29, 1.82) is 0 Å². The second-order valence-electron chi connectivity index (χ2n) is 8.90. The number of aliphatic carboxylic acids is 1. The van der Waals surface area contributed by atoms with Crippen LogP contribution in [0.3, 0.4) is 0 Å². The van der Waals surface area contributed by atoms with Crippen LogP contribution in [0.15, 0.2) is 42.5 Å². The molecule has 2 N–H and O–H groups in total. The molecule has 0 aromatic heterocycles. The predicted octanol–water partition coefficient (Wildman–Crippen LogP) is 5.02. The van der Waals surface area contributed by atoms with Crippen LogP contribution in [-0.2, 0) is 22.5 Å². The molecule has 0 fully saturated rings. The van der Waals surface area contributed by atoms with Gasteiger partial charge in [-0.2, -0.15) is 0 Å². The van der Waals surface area contributed by atoms with Gasteiger partial charge in [-0.3, -0.25) is 0 Å². The molecule has 198 valence electrons. The largest absolute Gasteiger partial charge is 0.492 e. The standard InChI is InChI=1S/C27H36F2N2O5/c1-4-35-25(26(32)33)16-20-7-11-23(12-8-20)36-15-14-31(13-5-6-19(2)3)27(34)30-18-21-9-10-22(28)17-24(21)29/h7-12,17,19,25H,4-6,13-16,18H2,1-3H3,(H,30,34)(H,32,33). The number of hydrogen-bond acceptors (Lipinski definition) is 4. The molecule has 0 spiro atoms. The van der Waals surface area contributed by atoms with Crippen molar-refractivity contribution in [2.45, 2.75) is 52.7 Å². The Bertz CT molecular complexity index is 969. The summed E-state index contributed by atoms with van der Waals surface area (Å²) in [5, 5.41) is 11.9. The van der Waals surface area contributed by atoms with Crippen molar-refractivity contribution in [2.24, 2.45) is 5.92 Å². The van der Waals surface area contributed by atoms with E-state index in [1.165, 1.54) is 6.07 Å². The third-order valence-corrected chi connectivity index (χ3v) is 5.56. The quantitative estimate of drug-likeness (QED) is 0.354. The highest BCUT2D eigenvalue weighted by molar-refractivity contribution is 5.74. The first-order chi connectivity index (χ1) is 17.2. The number of carboxylic acid groups (broad SMARTS) is 1. The Morgan fingerprint density at radius 1 is 1.08 bits per heavy atom. The second kappa shape index (κ2) is 15.0. The van der Waals surface area contributed by atoms with Gasteiger partial charge in [0.15, 0.2) is 6.10 Å². The Labute approximate surface area is 211 Å². The van der Waals surface area contributed by atoms with Crippen LogP contribution in [0.4, 0.5) is 13.6 Å². The smallest absolute Gasteiger partial charge is 0.333 e. The number of nitrogens with one attached hydrogen (secondary N) is 1. The van der Waals surface area contributed by atoms with Crippen LogP contribution in [0.5, 0.6) is 5.75 Å². The van der Waals surface area contributed by atoms with Crippen molar-refractivity contribution in [3.63, 3.8) is 0 Å². The summed E-state index contributed by atoms with van der Waals surface area (Å²) in [6.07, 6.45) is 1.12. The summed E-state index contributed by atoms with van der Waals surface area (Å²) in [5.74, 6) is -1.28. The molecule has 2 amide bonds. The van der Waals surface area contributed by atoms with E-state index in [9.17, 15) is 23.5 Å². The molecule has 1 atom stereocenters. The lowest BCUT2D eigenvalue weighted by Gasteiger charge is -2.24. The van der Waals surface area contributed by atoms with Gasteiger partial charge in [0.1, 0.15) is 24.0 Å². The SMILES string of the molecule is CCOC(Cc1ccc(OCCN(CCCC(C)C)C(=O)NCc2ccc(F)cc2F)cc1)C(=O)O. The van der Waals surface area contributed by atoms with Gasteiger partial charge in [-0.05, 0) is 49.4 Å². The van der Waals surface area contributed by atoms with Gasteiger partial charge in [0.05, 0.1) is 6.54 Å². The van der Waals surface area contributed by atoms with Gasteiger partial charge in [-0.1, -0.05) is 32.0 Å². The van der Waals surface area contributed by atoms with E-state index in [0.29, 0.717) is 31.4 Å². The molecule has 0 radical (unpaired) electrons. The highest BCUT2D eigenvalue weighted by Gasteiger charge is 2.18. The van der Waals surface area contributed by atoms with Crippen molar-refractivity contribution in [1.82, 2.24) is 10.2 Å². The Balaban J connectivity index is 1.90. The fourth-order valence-electron chi connectivity index (χ4n) is 3.58.